The Hall–Kier alpha value is -3.27. The summed E-state index contributed by atoms with van der Waals surface area (Å²) in [6, 6.07) is 8.22. The molecule has 2 fully saturated rings. The van der Waals surface area contributed by atoms with Crippen molar-refractivity contribution in [3.05, 3.63) is 59.4 Å². The van der Waals surface area contributed by atoms with Crippen molar-refractivity contribution in [1.82, 2.24) is 15.0 Å². The van der Waals surface area contributed by atoms with E-state index in [1.54, 1.807) is 0 Å². The van der Waals surface area contributed by atoms with E-state index in [0.29, 0.717) is 5.56 Å². The molecular weight excluding hydrogens is 482 g/mol. The Labute approximate surface area is 211 Å². The van der Waals surface area contributed by atoms with Crippen LogP contribution in [0.5, 0.6) is 0 Å². The Morgan fingerprint density at radius 2 is 1.39 bits per heavy atom. The van der Waals surface area contributed by atoms with Crippen LogP contribution >= 0.6 is 0 Å². The highest BCUT2D eigenvalue weighted by Crippen LogP contribution is 2.21. The lowest BCUT2D eigenvalue weighted by atomic mass is 9.95. The summed E-state index contributed by atoms with van der Waals surface area (Å²) in [6.07, 6.45) is 11.1. The van der Waals surface area contributed by atoms with Crippen LogP contribution in [0.2, 0.25) is 0 Å². The van der Waals surface area contributed by atoms with E-state index in [1.807, 2.05) is 4.72 Å². The number of nitrogens with one attached hydrogen (secondary N) is 2. The summed E-state index contributed by atoms with van der Waals surface area (Å²) >= 11 is 0. The summed E-state index contributed by atoms with van der Waals surface area (Å²) in [5.74, 6) is -1.69. The molecular formula is C26H31N3O6S. The third kappa shape index (κ3) is 6.69. The first-order valence-electron chi connectivity index (χ1n) is 12.5. The van der Waals surface area contributed by atoms with E-state index in [-0.39, 0.29) is 34.2 Å². The molecule has 2 aliphatic rings. The number of nitrogens with zero attached hydrogens (tertiary/aromatic N) is 1. The molecule has 4 rings (SSSR count). The summed E-state index contributed by atoms with van der Waals surface area (Å²) in [5, 5.41) is 2.98. The molecule has 36 heavy (non-hydrogen) atoms. The second kappa shape index (κ2) is 11.6. The summed E-state index contributed by atoms with van der Waals surface area (Å²) in [5.41, 5.74) is 0.393. The molecule has 10 heteroatoms. The first-order valence-corrected chi connectivity index (χ1v) is 14.0. The molecule has 2 saturated carbocycles. The van der Waals surface area contributed by atoms with E-state index in [0.717, 1.165) is 64.0 Å². The van der Waals surface area contributed by atoms with Crippen LogP contribution in [0.15, 0.2) is 47.5 Å². The van der Waals surface area contributed by atoms with Crippen LogP contribution in [-0.4, -0.2) is 43.3 Å². The van der Waals surface area contributed by atoms with Crippen molar-refractivity contribution in [3.63, 3.8) is 0 Å². The zero-order chi connectivity index (χ0) is 25.5. The predicted molar refractivity (Wildman–Crippen MR) is 132 cm³/mol. The zero-order valence-corrected chi connectivity index (χ0v) is 20.9. The molecule has 192 valence electrons. The topological polar surface area (TPSA) is 132 Å². The van der Waals surface area contributed by atoms with Crippen LogP contribution in [-0.2, 0) is 14.8 Å². The van der Waals surface area contributed by atoms with Crippen LogP contribution in [0.1, 0.15) is 95.4 Å². The molecule has 2 amide bonds. The van der Waals surface area contributed by atoms with Gasteiger partial charge in [0.25, 0.3) is 21.8 Å². The Kier molecular flexibility index (Phi) is 8.35. The summed E-state index contributed by atoms with van der Waals surface area (Å²) in [4.78, 5) is 41.1. The Bertz CT molecular complexity index is 1180. The van der Waals surface area contributed by atoms with Gasteiger partial charge in [-0.05, 0) is 74.9 Å². The number of hydrogen-bond donors (Lipinski definition) is 2. The van der Waals surface area contributed by atoms with Crippen LogP contribution in [0.25, 0.3) is 0 Å². The molecule has 0 unspecified atom stereocenters. The Balaban J connectivity index is 1.34. The quantitative estimate of drug-likeness (QED) is 0.539. The second-order valence-electron chi connectivity index (χ2n) is 9.36. The average Bonchev–Trinajstić information content (AvgIpc) is 2.90. The van der Waals surface area contributed by atoms with E-state index in [1.165, 1.54) is 42.8 Å². The molecule has 2 N–H and O–H groups in total. The number of carbonyl (C=O) groups excluding carboxylic acids is 3. The lowest BCUT2D eigenvalue weighted by Gasteiger charge is -2.22. The minimum Gasteiger partial charge on any atom is -0.458 e. The molecule has 0 bridgehead atoms. The van der Waals surface area contributed by atoms with E-state index in [4.69, 9.17) is 4.74 Å². The lowest BCUT2D eigenvalue weighted by Crippen LogP contribution is -2.36. The molecule has 0 aliphatic heterocycles. The van der Waals surface area contributed by atoms with E-state index >= 15 is 0 Å². The van der Waals surface area contributed by atoms with Gasteiger partial charge in [0, 0.05) is 17.8 Å². The molecule has 1 heterocycles. The van der Waals surface area contributed by atoms with Crippen LogP contribution in [0, 0.1) is 0 Å². The van der Waals surface area contributed by atoms with Gasteiger partial charge in [0.15, 0.2) is 0 Å². The Morgan fingerprint density at radius 3 is 2.00 bits per heavy atom. The lowest BCUT2D eigenvalue weighted by molar-refractivity contribution is 0.0204. The van der Waals surface area contributed by atoms with Gasteiger partial charge in [-0.3, -0.25) is 9.59 Å². The summed E-state index contributed by atoms with van der Waals surface area (Å²) < 4.78 is 32.8. The molecule has 1 aromatic heterocycles. The highest BCUT2D eigenvalue weighted by Gasteiger charge is 2.23. The van der Waals surface area contributed by atoms with Crippen molar-refractivity contribution in [1.29, 1.82) is 0 Å². The van der Waals surface area contributed by atoms with Crippen LogP contribution < -0.4 is 10.0 Å². The maximum absolute atomic E-state index is 12.7. The van der Waals surface area contributed by atoms with E-state index in [2.05, 4.69) is 10.3 Å². The normalized spacial score (nSPS) is 17.2. The summed E-state index contributed by atoms with van der Waals surface area (Å²) in [6.45, 7) is 0. The smallest absolute Gasteiger partial charge is 0.357 e. The van der Waals surface area contributed by atoms with E-state index in [9.17, 15) is 22.8 Å². The number of carbonyl (C=O) groups is 3. The van der Waals surface area contributed by atoms with Gasteiger partial charge in [0.05, 0.1) is 10.5 Å². The van der Waals surface area contributed by atoms with Gasteiger partial charge < -0.3 is 10.1 Å². The van der Waals surface area contributed by atoms with Crippen molar-refractivity contribution >= 4 is 27.8 Å². The Morgan fingerprint density at radius 1 is 0.778 bits per heavy atom. The number of pyridine rings is 1. The first kappa shape index (κ1) is 25.8. The molecule has 0 atom stereocenters. The first-order chi connectivity index (χ1) is 17.3. The number of aromatic nitrogens is 1. The summed E-state index contributed by atoms with van der Waals surface area (Å²) in [7, 11) is -4.17. The fourth-order valence-electron chi connectivity index (χ4n) is 4.58. The molecule has 0 saturated heterocycles. The number of benzene rings is 1. The highest BCUT2D eigenvalue weighted by molar-refractivity contribution is 7.90. The van der Waals surface area contributed by atoms with Crippen LogP contribution in [0.3, 0.4) is 0 Å². The number of hydrogen-bond acceptors (Lipinski definition) is 7. The fourth-order valence-corrected chi connectivity index (χ4v) is 5.56. The number of esters is 1. The third-order valence-electron chi connectivity index (χ3n) is 6.65. The second-order valence-corrected chi connectivity index (χ2v) is 11.0. The number of sulfonamides is 1. The predicted octanol–water partition coefficient (Wildman–Crippen LogP) is 3.75. The standard InChI is InChI=1S/C26H31N3O6S/c30-24(28-20-7-3-1-4-8-20)18-11-14-22(15-12-18)36(33,34)29-25(31)19-13-16-23(27-17-19)26(32)35-21-9-5-2-6-10-21/h11-17,20-21H,1-10H2,(H,28,30)(H,29,31). The molecule has 2 aromatic rings. The van der Waals surface area contributed by atoms with Crippen molar-refractivity contribution in [2.75, 3.05) is 0 Å². The van der Waals surface area contributed by atoms with Gasteiger partial charge in [0.2, 0.25) is 0 Å². The number of amides is 2. The maximum atomic E-state index is 12.7. The van der Waals surface area contributed by atoms with Gasteiger partial charge in [0.1, 0.15) is 11.8 Å². The van der Waals surface area contributed by atoms with Crippen molar-refractivity contribution in [2.24, 2.45) is 0 Å². The van der Waals surface area contributed by atoms with Gasteiger partial charge in [-0.2, -0.15) is 0 Å². The van der Waals surface area contributed by atoms with Crippen molar-refractivity contribution in [2.45, 2.75) is 81.2 Å². The molecule has 2 aliphatic carbocycles. The fraction of sp³-hybridized carbons (Fsp3) is 0.462. The SMILES string of the molecule is O=C(NC1CCCCC1)c1ccc(S(=O)(=O)NC(=O)c2ccc(C(=O)OC3CCCCC3)nc2)cc1. The molecule has 0 spiro atoms. The molecule has 1 aromatic carbocycles. The van der Waals surface area contributed by atoms with Gasteiger partial charge in [-0.15, -0.1) is 0 Å². The maximum Gasteiger partial charge on any atom is 0.357 e. The zero-order valence-electron chi connectivity index (χ0n) is 20.1. The van der Waals surface area contributed by atoms with Gasteiger partial charge in [-0.25, -0.2) is 22.9 Å². The number of ether oxygens (including phenoxy) is 1. The third-order valence-corrected chi connectivity index (χ3v) is 8.00. The largest absolute Gasteiger partial charge is 0.458 e. The minimum absolute atomic E-state index is 0.0173. The molecule has 0 radical (unpaired) electrons. The van der Waals surface area contributed by atoms with E-state index < -0.39 is 21.9 Å². The van der Waals surface area contributed by atoms with Crippen molar-refractivity contribution in [3.8, 4) is 0 Å². The van der Waals surface area contributed by atoms with Gasteiger partial charge >= 0.3 is 5.97 Å². The van der Waals surface area contributed by atoms with Crippen LogP contribution in [0.4, 0.5) is 0 Å². The van der Waals surface area contributed by atoms with Crippen molar-refractivity contribution < 1.29 is 27.5 Å². The number of rotatable bonds is 7. The monoisotopic (exact) mass is 513 g/mol. The van der Waals surface area contributed by atoms with Gasteiger partial charge in [-0.1, -0.05) is 25.7 Å². The highest BCUT2D eigenvalue weighted by atomic mass is 32.2. The molecule has 9 nitrogen and oxygen atoms in total. The minimum atomic E-state index is -4.17. The average molecular weight is 514 g/mol.